The predicted molar refractivity (Wildman–Crippen MR) is 91.8 cm³/mol. The first-order valence-electron chi connectivity index (χ1n) is 8.00. The van der Waals surface area contributed by atoms with Gasteiger partial charge < -0.3 is 0 Å². The van der Waals surface area contributed by atoms with Crippen LogP contribution in [0, 0.1) is 23.7 Å². The molecule has 0 amide bonds. The molecule has 0 atom stereocenters. The highest BCUT2D eigenvalue weighted by Crippen LogP contribution is 2.22. The summed E-state index contributed by atoms with van der Waals surface area (Å²) < 4.78 is 58.6. The Balaban J connectivity index is 5.14. The average molecular weight is 373 g/mol. The number of hydrogen-bond acceptors (Lipinski definition) is 6. The highest BCUT2D eigenvalue weighted by Gasteiger charge is 2.33. The van der Waals surface area contributed by atoms with Crippen LogP contribution in [0.5, 0.6) is 0 Å². The molecule has 0 aromatic heterocycles. The van der Waals surface area contributed by atoms with Crippen LogP contribution in [0.3, 0.4) is 0 Å². The SMILES string of the molecule is CC(C)C(OS(=O)(=O)CS(=O)(=O)OC(C(C)C)C(C)C)C(C)C. The summed E-state index contributed by atoms with van der Waals surface area (Å²) in [7, 11) is -8.48. The van der Waals surface area contributed by atoms with Crippen molar-refractivity contribution in [3.8, 4) is 0 Å². The Morgan fingerprint density at radius 3 is 0.957 bits per heavy atom. The Bertz CT molecular complexity index is 481. The van der Waals surface area contributed by atoms with E-state index in [0.29, 0.717) is 0 Å². The largest absolute Gasteiger partial charge is 0.284 e. The van der Waals surface area contributed by atoms with Crippen LogP contribution in [0.2, 0.25) is 0 Å². The van der Waals surface area contributed by atoms with Crippen LogP contribution in [-0.2, 0) is 28.6 Å². The van der Waals surface area contributed by atoms with Crippen LogP contribution in [0.15, 0.2) is 0 Å². The molecule has 0 bridgehead atoms. The average Bonchev–Trinajstić information content (AvgIpc) is 2.30. The fraction of sp³-hybridized carbons (Fsp3) is 1.00. The minimum Gasteiger partial charge on any atom is -0.265 e. The number of hydrogen-bond donors (Lipinski definition) is 0. The van der Waals surface area contributed by atoms with Crippen molar-refractivity contribution in [2.75, 3.05) is 5.08 Å². The summed E-state index contributed by atoms with van der Waals surface area (Å²) in [5, 5.41) is -1.16. The van der Waals surface area contributed by atoms with Gasteiger partial charge in [0, 0.05) is 0 Å². The molecule has 0 fully saturated rings. The summed E-state index contributed by atoms with van der Waals surface area (Å²) in [6, 6.07) is 0. The molecule has 0 saturated heterocycles. The zero-order valence-electron chi connectivity index (χ0n) is 15.4. The molecular weight excluding hydrogens is 340 g/mol. The van der Waals surface area contributed by atoms with Crippen molar-refractivity contribution < 1.29 is 25.2 Å². The molecule has 0 saturated carbocycles. The van der Waals surface area contributed by atoms with Crippen LogP contribution >= 0.6 is 0 Å². The monoisotopic (exact) mass is 372 g/mol. The van der Waals surface area contributed by atoms with E-state index in [1.165, 1.54) is 0 Å². The molecule has 6 nitrogen and oxygen atoms in total. The van der Waals surface area contributed by atoms with E-state index in [-0.39, 0.29) is 23.7 Å². The van der Waals surface area contributed by atoms with Crippen LogP contribution < -0.4 is 0 Å². The van der Waals surface area contributed by atoms with Crippen molar-refractivity contribution in [1.29, 1.82) is 0 Å². The van der Waals surface area contributed by atoms with E-state index in [0.717, 1.165) is 0 Å². The second-order valence-corrected chi connectivity index (χ2v) is 10.9. The first kappa shape index (κ1) is 22.8. The third-order valence-electron chi connectivity index (χ3n) is 3.43. The fourth-order valence-corrected chi connectivity index (χ4v) is 5.98. The normalized spacial score (nSPS) is 14.2. The standard InChI is InChI=1S/C15H32O6S2/c1-10(2)14(11(3)4)20-22(16,17)9-23(18,19)21-15(12(5)6)13(7)8/h10-15H,9H2,1-8H3. The minimum absolute atomic E-state index is 0.0486. The second-order valence-electron chi connectivity index (χ2n) is 7.33. The van der Waals surface area contributed by atoms with Crippen molar-refractivity contribution in [1.82, 2.24) is 0 Å². The van der Waals surface area contributed by atoms with Gasteiger partial charge in [-0.25, -0.2) is 0 Å². The first-order chi connectivity index (χ1) is 10.2. The summed E-state index contributed by atoms with van der Waals surface area (Å²) >= 11 is 0. The first-order valence-corrected chi connectivity index (χ1v) is 11.2. The van der Waals surface area contributed by atoms with Gasteiger partial charge >= 0.3 is 0 Å². The third kappa shape index (κ3) is 8.47. The van der Waals surface area contributed by atoms with Gasteiger partial charge in [-0.2, -0.15) is 16.8 Å². The van der Waals surface area contributed by atoms with Gasteiger partial charge in [0.1, 0.15) is 0 Å². The Morgan fingerprint density at radius 1 is 0.565 bits per heavy atom. The van der Waals surface area contributed by atoms with Crippen molar-refractivity contribution in [3.05, 3.63) is 0 Å². The van der Waals surface area contributed by atoms with Gasteiger partial charge in [0.2, 0.25) is 5.08 Å². The van der Waals surface area contributed by atoms with Crippen LogP contribution in [0.4, 0.5) is 0 Å². The maximum Gasteiger partial charge on any atom is 0.284 e. The molecule has 140 valence electrons. The Morgan fingerprint density at radius 2 is 0.783 bits per heavy atom. The van der Waals surface area contributed by atoms with E-state index in [4.69, 9.17) is 8.37 Å². The Labute approximate surface area is 142 Å². The molecule has 0 unspecified atom stereocenters. The Kier molecular flexibility index (Phi) is 8.71. The molecule has 0 aromatic carbocycles. The van der Waals surface area contributed by atoms with E-state index >= 15 is 0 Å². The highest BCUT2D eigenvalue weighted by molar-refractivity contribution is 8.03. The van der Waals surface area contributed by atoms with Crippen molar-refractivity contribution in [3.63, 3.8) is 0 Å². The topological polar surface area (TPSA) is 86.7 Å². The van der Waals surface area contributed by atoms with E-state index < -0.39 is 37.5 Å². The van der Waals surface area contributed by atoms with Crippen LogP contribution in [-0.4, -0.2) is 34.1 Å². The molecule has 0 aromatic rings. The smallest absolute Gasteiger partial charge is 0.265 e. The fourth-order valence-electron chi connectivity index (χ4n) is 2.55. The van der Waals surface area contributed by atoms with Gasteiger partial charge in [-0.1, -0.05) is 55.4 Å². The molecule has 0 aliphatic rings. The Hall–Kier alpha value is -0.180. The lowest BCUT2D eigenvalue weighted by molar-refractivity contribution is 0.108. The summed E-state index contributed by atoms with van der Waals surface area (Å²) in [6.07, 6.45) is -1.14. The van der Waals surface area contributed by atoms with Gasteiger partial charge in [-0.15, -0.1) is 0 Å². The summed E-state index contributed by atoms with van der Waals surface area (Å²) in [6.45, 7) is 14.7. The predicted octanol–water partition coefficient (Wildman–Crippen LogP) is 3.00. The molecular formula is C15H32O6S2. The van der Waals surface area contributed by atoms with Crippen LogP contribution in [0.25, 0.3) is 0 Å². The lowest BCUT2D eigenvalue weighted by atomic mass is 9.97. The zero-order chi connectivity index (χ0) is 18.6. The van der Waals surface area contributed by atoms with Gasteiger partial charge in [-0.3, -0.25) is 8.37 Å². The minimum atomic E-state index is -4.24. The number of rotatable bonds is 10. The van der Waals surface area contributed by atoms with E-state index in [2.05, 4.69) is 0 Å². The summed E-state index contributed by atoms with van der Waals surface area (Å²) in [5.74, 6) is -0.195. The second kappa shape index (κ2) is 8.78. The van der Waals surface area contributed by atoms with E-state index in [9.17, 15) is 16.8 Å². The third-order valence-corrected chi connectivity index (χ3v) is 6.77. The lowest BCUT2D eigenvalue weighted by Gasteiger charge is -2.26. The summed E-state index contributed by atoms with van der Waals surface area (Å²) in [5.41, 5.74) is 0. The van der Waals surface area contributed by atoms with Crippen molar-refractivity contribution in [2.45, 2.75) is 67.6 Å². The van der Waals surface area contributed by atoms with Gasteiger partial charge in [0.15, 0.2) is 0 Å². The van der Waals surface area contributed by atoms with E-state index in [1.54, 1.807) is 0 Å². The van der Waals surface area contributed by atoms with Crippen LogP contribution in [0.1, 0.15) is 55.4 Å². The highest BCUT2D eigenvalue weighted by atomic mass is 32.3. The van der Waals surface area contributed by atoms with Gasteiger partial charge in [0.05, 0.1) is 12.2 Å². The van der Waals surface area contributed by atoms with Gasteiger partial charge in [-0.05, 0) is 23.7 Å². The molecule has 0 radical (unpaired) electrons. The quantitative estimate of drug-likeness (QED) is 0.548. The summed E-state index contributed by atoms with van der Waals surface area (Å²) in [4.78, 5) is 0. The molecule has 0 heterocycles. The molecule has 0 aliphatic carbocycles. The van der Waals surface area contributed by atoms with Crippen molar-refractivity contribution >= 4 is 20.2 Å². The lowest BCUT2D eigenvalue weighted by Crippen LogP contribution is -2.34. The van der Waals surface area contributed by atoms with Crippen molar-refractivity contribution in [2.24, 2.45) is 23.7 Å². The molecule has 0 aliphatic heterocycles. The molecule has 23 heavy (non-hydrogen) atoms. The molecule has 0 spiro atoms. The maximum absolute atomic E-state index is 12.1. The molecule has 0 N–H and O–H groups in total. The molecule has 8 heteroatoms. The van der Waals surface area contributed by atoms with Gasteiger partial charge in [0.25, 0.3) is 20.2 Å². The maximum atomic E-state index is 12.1. The molecule has 0 rings (SSSR count). The van der Waals surface area contributed by atoms with E-state index in [1.807, 2.05) is 55.4 Å². The zero-order valence-corrected chi connectivity index (χ0v) is 17.1.